The molecule has 0 aliphatic rings. The lowest BCUT2D eigenvalue weighted by Crippen LogP contribution is -2.20. The number of aromatic nitrogens is 1. The van der Waals surface area contributed by atoms with Crippen LogP contribution in [0, 0.1) is 0 Å². The normalized spacial score (nSPS) is 11.9. The number of fused-ring (bicyclic) bond motifs is 1. The molecule has 4 nitrogen and oxygen atoms in total. The van der Waals surface area contributed by atoms with Crippen molar-refractivity contribution in [3.8, 4) is 0 Å². The summed E-state index contributed by atoms with van der Waals surface area (Å²) in [5.41, 5.74) is 0.683. The van der Waals surface area contributed by atoms with Crippen molar-refractivity contribution in [1.29, 1.82) is 0 Å². The van der Waals surface area contributed by atoms with Gasteiger partial charge in [0.05, 0.1) is 6.61 Å². The van der Waals surface area contributed by atoms with Crippen molar-refractivity contribution < 1.29 is 27.8 Å². The molecule has 0 bridgehead atoms. The van der Waals surface area contributed by atoms with Gasteiger partial charge in [0, 0.05) is 17.4 Å². The van der Waals surface area contributed by atoms with E-state index in [2.05, 4.69) is 4.74 Å². The molecule has 20 heavy (non-hydrogen) atoms. The molecule has 0 saturated heterocycles. The first-order chi connectivity index (χ1) is 9.38. The van der Waals surface area contributed by atoms with Crippen molar-refractivity contribution in [3.05, 3.63) is 36.0 Å². The molecule has 1 N–H and O–H groups in total. The van der Waals surface area contributed by atoms with Gasteiger partial charge in [-0.2, -0.15) is 13.2 Å². The van der Waals surface area contributed by atoms with E-state index in [1.807, 2.05) is 0 Å². The zero-order valence-corrected chi connectivity index (χ0v) is 10.4. The molecule has 0 radical (unpaired) electrons. The van der Waals surface area contributed by atoms with Gasteiger partial charge in [0.2, 0.25) is 0 Å². The van der Waals surface area contributed by atoms with Gasteiger partial charge >= 0.3 is 12.1 Å². The molecule has 2 rings (SSSR count). The molecule has 7 heteroatoms. The Morgan fingerprint density at radius 2 is 2.00 bits per heavy atom. The predicted octanol–water partition coefficient (Wildman–Crippen LogP) is 2.92. The number of ether oxygens (including phenoxy) is 1. The summed E-state index contributed by atoms with van der Waals surface area (Å²) in [7, 11) is 0. The van der Waals surface area contributed by atoms with Crippen LogP contribution in [0.25, 0.3) is 10.9 Å². The topological polar surface area (TPSA) is 51.5 Å². The highest BCUT2D eigenvalue weighted by Gasteiger charge is 2.27. The van der Waals surface area contributed by atoms with E-state index in [4.69, 9.17) is 5.11 Å². The monoisotopic (exact) mass is 287 g/mol. The van der Waals surface area contributed by atoms with Crippen molar-refractivity contribution in [2.75, 3.05) is 13.2 Å². The van der Waals surface area contributed by atoms with Gasteiger partial charge in [0.25, 0.3) is 0 Å². The molecular weight excluding hydrogens is 275 g/mol. The maximum absolute atomic E-state index is 12.0. The Morgan fingerprint density at radius 1 is 1.30 bits per heavy atom. The summed E-state index contributed by atoms with van der Waals surface area (Å²) >= 11 is 0. The Kier molecular flexibility index (Phi) is 3.99. The Balaban J connectivity index is 2.15. The van der Waals surface area contributed by atoms with Crippen LogP contribution in [0.15, 0.2) is 30.3 Å². The van der Waals surface area contributed by atoms with Crippen LogP contribution in [-0.4, -0.2) is 35.0 Å². The molecule has 1 heterocycles. The molecule has 2 aromatic rings. The summed E-state index contributed by atoms with van der Waals surface area (Å²) < 4.78 is 41.8. The number of alkyl halides is 3. The van der Waals surface area contributed by atoms with Crippen LogP contribution in [0.4, 0.5) is 13.2 Å². The van der Waals surface area contributed by atoms with E-state index < -0.39 is 18.8 Å². The van der Waals surface area contributed by atoms with Crippen molar-refractivity contribution in [1.82, 2.24) is 4.57 Å². The lowest BCUT2D eigenvalue weighted by molar-refractivity contribution is -0.174. The lowest BCUT2D eigenvalue weighted by Gasteiger charge is -2.10. The summed E-state index contributed by atoms with van der Waals surface area (Å²) in [6, 6.07) is 8.45. The van der Waals surface area contributed by atoms with Gasteiger partial charge in [-0.15, -0.1) is 0 Å². The maximum atomic E-state index is 12.0. The first kappa shape index (κ1) is 14.4. The predicted molar refractivity (Wildman–Crippen MR) is 65.8 cm³/mol. The van der Waals surface area contributed by atoms with Crippen LogP contribution in [-0.2, 0) is 11.3 Å². The Morgan fingerprint density at radius 3 is 2.65 bits per heavy atom. The number of rotatable bonds is 5. The van der Waals surface area contributed by atoms with E-state index in [-0.39, 0.29) is 18.8 Å². The summed E-state index contributed by atoms with van der Waals surface area (Å²) in [6.45, 7) is -1.50. The summed E-state index contributed by atoms with van der Waals surface area (Å²) in [5.74, 6) is -1.13. The van der Waals surface area contributed by atoms with Crippen molar-refractivity contribution >= 4 is 16.9 Å². The molecule has 0 atom stereocenters. The van der Waals surface area contributed by atoms with Crippen molar-refractivity contribution in [2.24, 2.45) is 0 Å². The number of benzene rings is 1. The van der Waals surface area contributed by atoms with Crippen LogP contribution in [0.3, 0.4) is 0 Å². The highest BCUT2D eigenvalue weighted by molar-refractivity contribution is 5.94. The third-order valence-electron chi connectivity index (χ3n) is 2.75. The molecule has 1 aromatic heterocycles. The third kappa shape index (κ3) is 3.30. The van der Waals surface area contributed by atoms with Gasteiger partial charge in [-0.25, -0.2) is 4.79 Å². The first-order valence-corrected chi connectivity index (χ1v) is 5.84. The van der Waals surface area contributed by atoms with E-state index in [0.717, 1.165) is 5.39 Å². The molecule has 0 saturated carbocycles. The van der Waals surface area contributed by atoms with E-state index in [1.165, 1.54) is 10.6 Å². The minimum absolute atomic E-state index is 0.0295. The Labute approximate surface area is 112 Å². The molecule has 0 spiro atoms. The van der Waals surface area contributed by atoms with Gasteiger partial charge in [0.15, 0.2) is 0 Å². The SMILES string of the molecule is O=C(O)c1cc2ccccc2n1CCOCC(F)(F)F. The highest BCUT2D eigenvalue weighted by Crippen LogP contribution is 2.20. The van der Waals surface area contributed by atoms with Gasteiger partial charge in [-0.1, -0.05) is 18.2 Å². The van der Waals surface area contributed by atoms with Crippen LogP contribution in [0.5, 0.6) is 0 Å². The number of aromatic carboxylic acids is 1. The van der Waals surface area contributed by atoms with Gasteiger partial charge in [-0.05, 0) is 12.1 Å². The molecule has 0 unspecified atom stereocenters. The second-order valence-corrected chi connectivity index (χ2v) is 4.21. The fourth-order valence-electron chi connectivity index (χ4n) is 1.97. The van der Waals surface area contributed by atoms with E-state index in [1.54, 1.807) is 24.3 Å². The molecule has 1 aromatic carbocycles. The fraction of sp³-hybridized carbons (Fsp3) is 0.308. The Hall–Kier alpha value is -2.02. The lowest BCUT2D eigenvalue weighted by atomic mass is 10.2. The number of carboxylic acid groups (broad SMARTS) is 1. The number of hydrogen-bond acceptors (Lipinski definition) is 2. The van der Waals surface area contributed by atoms with Crippen LogP contribution in [0.2, 0.25) is 0 Å². The first-order valence-electron chi connectivity index (χ1n) is 5.84. The van der Waals surface area contributed by atoms with E-state index in [9.17, 15) is 18.0 Å². The average Bonchev–Trinajstić information content (AvgIpc) is 2.72. The Bertz CT molecular complexity index is 619. The number of halogens is 3. The molecule has 108 valence electrons. The summed E-state index contributed by atoms with van der Waals surface area (Å²) in [5, 5.41) is 9.83. The third-order valence-corrected chi connectivity index (χ3v) is 2.75. The minimum atomic E-state index is -4.38. The number of carbonyl (C=O) groups is 1. The van der Waals surface area contributed by atoms with Crippen molar-refractivity contribution in [2.45, 2.75) is 12.7 Å². The summed E-state index contributed by atoms with van der Waals surface area (Å²) in [6.07, 6.45) is -4.38. The van der Waals surface area contributed by atoms with Gasteiger partial charge in [0.1, 0.15) is 12.3 Å². The number of para-hydroxylation sites is 1. The zero-order chi connectivity index (χ0) is 14.8. The molecule has 0 aliphatic carbocycles. The molecule has 0 aliphatic heterocycles. The number of carboxylic acids is 1. The minimum Gasteiger partial charge on any atom is -0.477 e. The maximum Gasteiger partial charge on any atom is 0.411 e. The van der Waals surface area contributed by atoms with E-state index >= 15 is 0 Å². The second-order valence-electron chi connectivity index (χ2n) is 4.21. The standard InChI is InChI=1S/C13H12F3NO3/c14-13(15,16)8-20-6-5-17-10-4-2-1-3-9(10)7-11(17)12(18)19/h1-4,7H,5-6,8H2,(H,18,19). The van der Waals surface area contributed by atoms with Crippen LogP contribution in [0.1, 0.15) is 10.5 Å². The largest absolute Gasteiger partial charge is 0.477 e. The summed E-state index contributed by atoms with van der Waals surface area (Å²) in [4.78, 5) is 11.1. The van der Waals surface area contributed by atoms with Gasteiger partial charge in [-0.3, -0.25) is 0 Å². The van der Waals surface area contributed by atoms with Crippen molar-refractivity contribution in [3.63, 3.8) is 0 Å². The quantitative estimate of drug-likeness (QED) is 0.860. The molecule has 0 amide bonds. The zero-order valence-electron chi connectivity index (χ0n) is 10.4. The van der Waals surface area contributed by atoms with Gasteiger partial charge < -0.3 is 14.4 Å². The highest BCUT2D eigenvalue weighted by atomic mass is 19.4. The van der Waals surface area contributed by atoms with Crippen LogP contribution >= 0.6 is 0 Å². The average molecular weight is 287 g/mol. The fourth-order valence-corrected chi connectivity index (χ4v) is 1.97. The second kappa shape index (κ2) is 5.54. The number of nitrogens with zero attached hydrogens (tertiary/aromatic N) is 1. The molecule has 0 fully saturated rings. The smallest absolute Gasteiger partial charge is 0.411 e. The molecular formula is C13H12F3NO3. The van der Waals surface area contributed by atoms with Crippen LogP contribution < -0.4 is 0 Å². The number of hydrogen-bond donors (Lipinski definition) is 1. The van der Waals surface area contributed by atoms with E-state index in [0.29, 0.717) is 5.52 Å².